The summed E-state index contributed by atoms with van der Waals surface area (Å²) in [6.45, 7) is 5.66. The highest BCUT2D eigenvalue weighted by molar-refractivity contribution is 5.77. The summed E-state index contributed by atoms with van der Waals surface area (Å²) >= 11 is 0. The topological polar surface area (TPSA) is 55.4 Å². The Morgan fingerprint density at radius 3 is 2.54 bits per heavy atom. The minimum absolute atomic E-state index is 0.0359. The Balaban J connectivity index is 2.49. The number of hydrogen-bond acceptors (Lipinski definition) is 3. The maximum absolute atomic E-state index is 11.2. The van der Waals surface area contributed by atoms with Gasteiger partial charge >= 0.3 is 5.97 Å². The van der Waals surface area contributed by atoms with Crippen LogP contribution in [0.3, 0.4) is 0 Å². The summed E-state index contributed by atoms with van der Waals surface area (Å²) in [5.41, 5.74) is 0. The van der Waals surface area contributed by atoms with Crippen LogP contribution in [0.5, 0.6) is 0 Å². The summed E-state index contributed by atoms with van der Waals surface area (Å²) in [6, 6.07) is 0. The predicted molar refractivity (Wildman–Crippen MR) is 46.9 cm³/mol. The van der Waals surface area contributed by atoms with E-state index >= 15 is 0 Å². The molecule has 1 fully saturated rings. The molecule has 3 atom stereocenters. The molecule has 0 saturated carbocycles. The lowest BCUT2D eigenvalue weighted by atomic mass is 9.93. The Labute approximate surface area is 77.6 Å². The van der Waals surface area contributed by atoms with E-state index in [-0.39, 0.29) is 29.8 Å². The molecule has 1 aliphatic heterocycles. The molecule has 1 N–H and O–H groups in total. The van der Waals surface area contributed by atoms with E-state index in [1.807, 2.05) is 13.8 Å². The van der Waals surface area contributed by atoms with Crippen molar-refractivity contribution in [3.63, 3.8) is 0 Å². The number of amides is 1. The van der Waals surface area contributed by atoms with E-state index in [9.17, 15) is 9.59 Å². The fourth-order valence-electron chi connectivity index (χ4n) is 1.44. The molecule has 0 aromatic rings. The van der Waals surface area contributed by atoms with Crippen molar-refractivity contribution in [2.45, 2.75) is 26.9 Å². The molecule has 0 spiro atoms. The van der Waals surface area contributed by atoms with E-state index in [1.165, 1.54) is 6.92 Å². The van der Waals surface area contributed by atoms with Gasteiger partial charge < -0.3 is 10.1 Å². The van der Waals surface area contributed by atoms with Gasteiger partial charge in [0, 0.05) is 19.4 Å². The third-order valence-electron chi connectivity index (χ3n) is 2.55. The Morgan fingerprint density at radius 1 is 1.54 bits per heavy atom. The van der Waals surface area contributed by atoms with Gasteiger partial charge in [-0.2, -0.15) is 0 Å². The van der Waals surface area contributed by atoms with Crippen molar-refractivity contribution in [3.05, 3.63) is 0 Å². The van der Waals surface area contributed by atoms with Crippen LogP contribution in [0.1, 0.15) is 20.8 Å². The van der Waals surface area contributed by atoms with Crippen LogP contribution >= 0.6 is 0 Å². The summed E-state index contributed by atoms with van der Waals surface area (Å²) in [5.74, 6) is -0.313. The van der Waals surface area contributed by atoms with E-state index in [4.69, 9.17) is 4.74 Å². The molecule has 1 heterocycles. The van der Waals surface area contributed by atoms with Crippen molar-refractivity contribution in [3.8, 4) is 0 Å². The van der Waals surface area contributed by atoms with Crippen LogP contribution in [0.2, 0.25) is 0 Å². The average Bonchev–Trinajstić information content (AvgIpc) is 2.24. The molecule has 4 nitrogen and oxygen atoms in total. The van der Waals surface area contributed by atoms with Gasteiger partial charge in [-0.15, -0.1) is 0 Å². The molecule has 0 aromatic carbocycles. The minimum Gasteiger partial charge on any atom is -0.462 e. The number of cyclic esters (lactones) is 1. The second-order valence-electron chi connectivity index (χ2n) is 3.54. The van der Waals surface area contributed by atoms with Crippen LogP contribution in [-0.2, 0) is 14.3 Å². The van der Waals surface area contributed by atoms with Crippen molar-refractivity contribution < 1.29 is 14.3 Å². The van der Waals surface area contributed by atoms with Crippen molar-refractivity contribution in [2.75, 3.05) is 6.54 Å². The van der Waals surface area contributed by atoms with Crippen LogP contribution < -0.4 is 5.32 Å². The summed E-state index contributed by atoms with van der Waals surface area (Å²) < 4.78 is 5.03. The fraction of sp³-hybridized carbons (Fsp3) is 0.778. The zero-order chi connectivity index (χ0) is 10.0. The fourth-order valence-corrected chi connectivity index (χ4v) is 1.44. The molecule has 1 saturated heterocycles. The first-order valence-electron chi connectivity index (χ1n) is 4.47. The minimum atomic E-state index is -0.200. The number of rotatable bonds is 2. The van der Waals surface area contributed by atoms with Gasteiger partial charge in [0.25, 0.3) is 0 Å². The lowest BCUT2D eigenvalue weighted by Crippen LogP contribution is -2.32. The van der Waals surface area contributed by atoms with Crippen LogP contribution in [-0.4, -0.2) is 24.5 Å². The second kappa shape index (κ2) is 3.77. The molecule has 13 heavy (non-hydrogen) atoms. The molecule has 0 unspecified atom stereocenters. The van der Waals surface area contributed by atoms with Gasteiger partial charge in [-0.25, -0.2) is 0 Å². The number of esters is 1. The van der Waals surface area contributed by atoms with E-state index in [0.29, 0.717) is 6.54 Å². The molecule has 0 bridgehead atoms. The standard InChI is InChI=1S/C9H15NO3/c1-5-6(2)13-9(12)8(5)4-10-7(3)11/h5-6,8H,4H2,1-3H3,(H,10,11)/t5-,6-,8-/m0/s1. The van der Waals surface area contributed by atoms with Gasteiger partial charge in [-0.05, 0) is 6.92 Å². The van der Waals surface area contributed by atoms with Gasteiger partial charge in [0.1, 0.15) is 6.10 Å². The highest BCUT2D eigenvalue weighted by atomic mass is 16.6. The first kappa shape index (κ1) is 10.0. The van der Waals surface area contributed by atoms with E-state index in [0.717, 1.165) is 0 Å². The molecular formula is C9H15NO3. The van der Waals surface area contributed by atoms with Gasteiger partial charge in [0.05, 0.1) is 5.92 Å². The third kappa shape index (κ3) is 2.20. The van der Waals surface area contributed by atoms with E-state index in [2.05, 4.69) is 5.32 Å². The number of nitrogens with one attached hydrogen (secondary N) is 1. The molecule has 1 aliphatic rings. The van der Waals surface area contributed by atoms with Crippen LogP contribution in [0.15, 0.2) is 0 Å². The molecule has 0 radical (unpaired) electrons. The van der Waals surface area contributed by atoms with Gasteiger partial charge in [-0.1, -0.05) is 6.92 Å². The smallest absolute Gasteiger partial charge is 0.311 e. The molecule has 0 aromatic heterocycles. The van der Waals surface area contributed by atoms with Gasteiger partial charge in [0.2, 0.25) is 5.91 Å². The molecule has 74 valence electrons. The Morgan fingerprint density at radius 2 is 2.15 bits per heavy atom. The first-order chi connectivity index (χ1) is 6.02. The summed E-state index contributed by atoms with van der Waals surface area (Å²) in [6.07, 6.45) is -0.0359. The number of hydrogen-bond donors (Lipinski definition) is 1. The zero-order valence-corrected chi connectivity index (χ0v) is 8.16. The number of ether oxygens (including phenoxy) is 1. The maximum atomic E-state index is 11.2. The first-order valence-corrected chi connectivity index (χ1v) is 4.47. The lowest BCUT2D eigenvalue weighted by Gasteiger charge is -2.12. The SMILES string of the molecule is CC(=O)NC[C@@H]1C(=O)O[C@@H](C)[C@@H]1C. The van der Waals surface area contributed by atoms with Gasteiger partial charge in [0.15, 0.2) is 0 Å². The molecule has 1 amide bonds. The number of carbonyl (C=O) groups excluding carboxylic acids is 2. The van der Waals surface area contributed by atoms with Crippen molar-refractivity contribution >= 4 is 11.9 Å². The lowest BCUT2D eigenvalue weighted by molar-refractivity contribution is -0.143. The quantitative estimate of drug-likeness (QED) is 0.630. The second-order valence-corrected chi connectivity index (χ2v) is 3.54. The highest BCUT2D eigenvalue weighted by Gasteiger charge is 2.38. The largest absolute Gasteiger partial charge is 0.462 e. The monoisotopic (exact) mass is 185 g/mol. The van der Waals surface area contributed by atoms with Crippen molar-refractivity contribution in [2.24, 2.45) is 11.8 Å². The maximum Gasteiger partial charge on any atom is 0.311 e. The Hall–Kier alpha value is -1.06. The summed E-state index contributed by atoms with van der Waals surface area (Å²) in [4.78, 5) is 21.9. The molecule has 1 rings (SSSR count). The van der Waals surface area contributed by atoms with Crippen molar-refractivity contribution in [1.82, 2.24) is 5.32 Å². The van der Waals surface area contributed by atoms with Crippen LogP contribution in [0.4, 0.5) is 0 Å². The van der Waals surface area contributed by atoms with E-state index in [1.54, 1.807) is 0 Å². The number of carbonyl (C=O) groups is 2. The van der Waals surface area contributed by atoms with Gasteiger partial charge in [-0.3, -0.25) is 9.59 Å². The molecule has 4 heteroatoms. The molecule has 0 aliphatic carbocycles. The Kier molecular flexibility index (Phi) is 2.90. The predicted octanol–water partition coefficient (Wildman–Crippen LogP) is 0.320. The highest BCUT2D eigenvalue weighted by Crippen LogP contribution is 2.26. The van der Waals surface area contributed by atoms with Crippen LogP contribution in [0.25, 0.3) is 0 Å². The average molecular weight is 185 g/mol. The zero-order valence-electron chi connectivity index (χ0n) is 8.16. The summed E-state index contributed by atoms with van der Waals surface area (Å²) in [5, 5.41) is 2.63. The Bertz CT molecular complexity index is 227. The van der Waals surface area contributed by atoms with Crippen LogP contribution in [0, 0.1) is 11.8 Å². The van der Waals surface area contributed by atoms with Crippen molar-refractivity contribution in [1.29, 1.82) is 0 Å². The van der Waals surface area contributed by atoms with E-state index < -0.39 is 0 Å². The normalized spacial score (nSPS) is 32.8. The third-order valence-corrected chi connectivity index (χ3v) is 2.55. The summed E-state index contributed by atoms with van der Waals surface area (Å²) in [7, 11) is 0. The molecular weight excluding hydrogens is 170 g/mol.